The van der Waals surface area contributed by atoms with Crippen molar-refractivity contribution in [3.05, 3.63) is 108 Å². The molecule has 5 heteroatoms. The molecule has 4 nitrogen and oxygen atoms in total. The van der Waals surface area contributed by atoms with Gasteiger partial charge in [-0.2, -0.15) is 0 Å². The number of nitrogens with zero attached hydrogens (tertiary/aromatic N) is 1. The van der Waals surface area contributed by atoms with Crippen LogP contribution in [0.2, 0.25) is 0 Å². The molecule has 1 aliphatic heterocycles. The molecule has 3 aromatic rings. The Morgan fingerprint density at radius 2 is 1.53 bits per heavy atom. The van der Waals surface area contributed by atoms with Crippen molar-refractivity contribution in [2.24, 2.45) is 0 Å². The van der Waals surface area contributed by atoms with Crippen LogP contribution in [0.25, 0.3) is 6.08 Å². The molecule has 30 heavy (non-hydrogen) atoms. The molecule has 0 amide bonds. The van der Waals surface area contributed by atoms with Gasteiger partial charge in [-0.1, -0.05) is 36.4 Å². The van der Waals surface area contributed by atoms with Crippen molar-refractivity contribution in [1.82, 2.24) is 5.43 Å². The van der Waals surface area contributed by atoms with Gasteiger partial charge < -0.3 is 9.47 Å². The number of rotatable bonds is 6. The third-order valence-corrected chi connectivity index (χ3v) is 4.98. The Hall–Kier alpha value is -3.73. The molecule has 0 aliphatic carbocycles. The fourth-order valence-corrected chi connectivity index (χ4v) is 3.38. The average Bonchev–Trinajstić information content (AvgIpc) is 3.22. The molecule has 0 aromatic heterocycles. The summed E-state index contributed by atoms with van der Waals surface area (Å²) in [7, 11) is 3.30. The van der Waals surface area contributed by atoms with Crippen molar-refractivity contribution in [2.45, 2.75) is 6.04 Å². The lowest BCUT2D eigenvalue weighted by atomic mass is 10.1. The number of allylic oxidation sites excluding steroid dienone is 1. The fraction of sp³-hybridized carbons (Fsp3) is 0.120. The van der Waals surface area contributed by atoms with Gasteiger partial charge in [0, 0.05) is 0 Å². The van der Waals surface area contributed by atoms with E-state index in [2.05, 4.69) is 11.5 Å². The molecule has 0 fully saturated rings. The lowest BCUT2D eigenvalue weighted by Gasteiger charge is -2.27. The fourth-order valence-electron chi connectivity index (χ4n) is 3.38. The standard InChI is InChI=1S/C25H23FN2O2/c1-29-23-12-7-18(8-13-23)6-11-21-17-25(19-9-14-24(30-2)15-10-19)28(27-21)22-5-3-4-20(26)16-22/h3-17,25,27H,1-2H3/t25-/m0/s1. The summed E-state index contributed by atoms with van der Waals surface area (Å²) in [6.45, 7) is 0. The molecule has 1 atom stereocenters. The van der Waals surface area contributed by atoms with Crippen molar-refractivity contribution < 1.29 is 13.9 Å². The Morgan fingerprint density at radius 1 is 0.867 bits per heavy atom. The Morgan fingerprint density at radius 3 is 2.17 bits per heavy atom. The zero-order chi connectivity index (χ0) is 20.9. The molecule has 0 spiro atoms. The Bertz CT molecular complexity index is 1060. The highest BCUT2D eigenvalue weighted by atomic mass is 19.1. The molecule has 0 bridgehead atoms. The first-order chi connectivity index (χ1) is 14.7. The molecular weight excluding hydrogens is 379 g/mol. The van der Waals surface area contributed by atoms with E-state index in [0.29, 0.717) is 0 Å². The highest BCUT2D eigenvalue weighted by Crippen LogP contribution is 2.33. The van der Waals surface area contributed by atoms with Gasteiger partial charge >= 0.3 is 0 Å². The first kappa shape index (κ1) is 19.6. The average molecular weight is 402 g/mol. The first-order valence-corrected chi connectivity index (χ1v) is 9.65. The van der Waals surface area contributed by atoms with Crippen LogP contribution >= 0.6 is 0 Å². The lowest BCUT2D eigenvalue weighted by molar-refractivity contribution is 0.414. The van der Waals surface area contributed by atoms with E-state index in [1.165, 1.54) is 12.1 Å². The molecule has 4 rings (SSSR count). The second-order valence-corrected chi connectivity index (χ2v) is 6.91. The number of halogens is 1. The summed E-state index contributed by atoms with van der Waals surface area (Å²) in [5.74, 6) is 1.35. The van der Waals surface area contributed by atoms with Crippen LogP contribution in [-0.2, 0) is 0 Å². The summed E-state index contributed by atoms with van der Waals surface area (Å²) < 4.78 is 24.3. The van der Waals surface area contributed by atoms with Crippen LogP contribution in [0, 0.1) is 5.82 Å². The minimum Gasteiger partial charge on any atom is -0.497 e. The minimum atomic E-state index is -0.273. The zero-order valence-electron chi connectivity index (χ0n) is 16.9. The first-order valence-electron chi connectivity index (χ1n) is 9.65. The van der Waals surface area contributed by atoms with Crippen molar-refractivity contribution in [2.75, 3.05) is 19.2 Å². The second kappa shape index (κ2) is 8.74. The third-order valence-electron chi connectivity index (χ3n) is 4.98. The van der Waals surface area contributed by atoms with E-state index in [4.69, 9.17) is 9.47 Å². The Balaban J connectivity index is 1.62. The summed E-state index contributed by atoms with van der Waals surface area (Å²) in [5, 5.41) is 1.96. The highest BCUT2D eigenvalue weighted by molar-refractivity contribution is 5.58. The van der Waals surface area contributed by atoms with Crippen molar-refractivity contribution in [3.63, 3.8) is 0 Å². The van der Waals surface area contributed by atoms with E-state index in [0.717, 1.165) is 34.0 Å². The summed E-state index contributed by atoms with van der Waals surface area (Å²) >= 11 is 0. The van der Waals surface area contributed by atoms with E-state index in [1.807, 2.05) is 71.8 Å². The van der Waals surface area contributed by atoms with E-state index < -0.39 is 0 Å². The molecule has 0 saturated heterocycles. The monoisotopic (exact) mass is 402 g/mol. The van der Waals surface area contributed by atoms with Crippen molar-refractivity contribution in [1.29, 1.82) is 0 Å². The maximum absolute atomic E-state index is 13.9. The molecule has 1 aliphatic rings. The second-order valence-electron chi connectivity index (χ2n) is 6.91. The number of anilines is 1. The van der Waals surface area contributed by atoms with Gasteiger partial charge in [0.2, 0.25) is 0 Å². The van der Waals surface area contributed by atoms with Crippen LogP contribution in [0.4, 0.5) is 10.1 Å². The van der Waals surface area contributed by atoms with Gasteiger partial charge in [0.25, 0.3) is 0 Å². The number of hydrogen-bond acceptors (Lipinski definition) is 4. The predicted molar refractivity (Wildman–Crippen MR) is 118 cm³/mol. The van der Waals surface area contributed by atoms with Gasteiger partial charge in [-0.25, -0.2) is 4.39 Å². The molecule has 0 unspecified atom stereocenters. The Labute approximate surface area is 175 Å². The van der Waals surface area contributed by atoms with Crippen LogP contribution in [0.1, 0.15) is 17.2 Å². The smallest absolute Gasteiger partial charge is 0.125 e. The normalized spacial score (nSPS) is 15.8. The maximum atomic E-state index is 13.9. The van der Waals surface area contributed by atoms with Crippen LogP contribution in [0.15, 0.2) is 90.6 Å². The molecule has 0 saturated carbocycles. The minimum absolute atomic E-state index is 0.0896. The molecule has 0 radical (unpaired) electrons. The predicted octanol–water partition coefficient (Wildman–Crippen LogP) is 5.51. The van der Waals surface area contributed by atoms with Crippen LogP contribution in [0.3, 0.4) is 0 Å². The zero-order valence-corrected chi connectivity index (χ0v) is 16.9. The largest absolute Gasteiger partial charge is 0.497 e. The van der Waals surface area contributed by atoms with E-state index in [1.54, 1.807) is 20.3 Å². The molecule has 1 heterocycles. The lowest BCUT2D eigenvalue weighted by Crippen LogP contribution is -2.34. The number of methoxy groups -OCH3 is 2. The molecular formula is C25H23FN2O2. The van der Waals surface area contributed by atoms with Gasteiger partial charge in [0.05, 0.1) is 31.6 Å². The summed E-state index contributed by atoms with van der Waals surface area (Å²) in [5.41, 5.74) is 7.19. The van der Waals surface area contributed by atoms with Crippen molar-refractivity contribution >= 4 is 11.8 Å². The van der Waals surface area contributed by atoms with E-state index in [-0.39, 0.29) is 11.9 Å². The summed E-state index contributed by atoms with van der Waals surface area (Å²) in [6.07, 6.45) is 6.16. The Kier molecular flexibility index (Phi) is 5.70. The van der Waals surface area contributed by atoms with Crippen molar-refractivity contribution in [3.8, 4) is 11.5 Å². The maximum Gasteiger partial charge on any atom is 0.125 e. The SMILES string of the molecule is COc1ccc(C=CC2=C[C@@H](c3ccc(OC)cc3)N(c3cccc(F)c3)N2)cc1. The molecule has 1 N–H and O–H groups in total. The van der Waals surface area contributed by atoms with Gasteiger partial charge in [-0.15, -0.1) is 0 Å². The van der Waals surface area contributed by atoms with Gasteiger partial charge in [-0.3, -0.25) is 10.4 Å². The van der Waals surface area contributed by atoms with E-state index in [9.17, 15) is 4.39 Å². The summed E-state index contributed by atoms with van der Waals surface area (Å²) in [6, 6.07) is 22.2. The topological polar surface area (TPSA) is 33.7 Å². The number of benzene rings is 3. The number of hydrazine groups is 1. The van der Waals surface area contributed by atoms with Crippen LogP contribution < -0.4 is 19.9 Å². The summed E-state index contributed by atoms with van der Waals surface area (Å²) in [4.78, 5) is 0. The number of nitrogens with one attached hydrogen (secondary N) is 1. The number of hydrogen-bond donors (Lipinski definition) is 1. The van der Waals surface area contributed by atoms with Crippen LogP contribution in [-0.4, -0.2) is 14.2 Å². The molecule has 152 valence electrons. The number of ether oxygens (including phenoxy) is 2. The third kappa shape index (κ3) is 4.30. The van der Waals surface area contributed by atoms with Gasteiger partial charge in [-0.05, 0) is 65.7 Å². The van der Waals surface area contributed by atoms with Gasteiger partial charge in [0.15, 0.2) is 0 Å². The molecule has 3 aromatic carbocycles. The highest BCUT2D eigenvalue weighted by Gasteiger charge is 2.25. The van der Waals surface area contributed by atoms with Gasteiger partial charge in [0.1, 0.15) is 17.3 Å². The van der Waals surface area contributed by atoms with E-state index >= 15 is 0 Å². The quantitative estimate of drug-likeness (QED) is 0.590. The van der Waals surface area contributed by atoms with Crippen LogP contribution in [0.5, 0.6) is 11.5 Å².